The number of ether oxygens (including phenoxy) is 2. The molecule has 0 N–H and O–H groups in total. The summed E-state index contributed by atoms with van der Waals surface area (Å²) >= 11 is 0. The molecule has 1 aliphatic heterocycles. The molecule has 0 bridgehead atoms. The second kappa shape index (κ2) is 3.50. The van der Waals surface area contributed by atoms with Gasteiger partial charge in [-0.3, -0.25) is 4.79 Å². The van der Waals surface area contributed by atoms with Crippen molar-refractivity contribution in [2.45, 2.75) is 31.5 Å². The molecule has 72 valence electrons. The highest BCUT2D eigenvalue weighted by molar-refractivity contribution is 5.72. The summed E-state index contributed by atoms with van der Waals surface area (Å²) in [4.78, 5) is 11.4. The van der Waals surface area contributed by atoms with Crippen LogP contribution in [0.25, 0.3) is 0 Å². The molecule has 0 aromatic carbocycles. The molecule has 2 rings (SSSR count). The molecule has 0 radical (unpaired) electrons. The second-order valence-electron chi connectivity index (χ2n) is 3.64. The summed E-state index contributed by atoms with van der Waals surface area (Å²) in [5, 5.41) is 0. The van der Waals surface area contributed by atoms with Crippen molar-refractivity contribution in [3.05, 3.63) is 12.7 Å². The Balaban J connectivity index is 1.78. The fourth-order valence-electron chi connectivity index (χ4n) is 1.88. The Morgan fingerprint density at radius 1 is 1.54 bits per heavy atom. The van der Waals surface area contributed by atoms with Crippen LogP contribution in [0.2, 0.25) is 0 Å². The van der Waals surface area contributed by atoms with Crippen LogP contribution in [-0.4, -0.2) is 24.8 Å². The Labute approximate surface area is 77.7 Å². The van der Waals surface area contributed by atoms with Gasteiger partial charge >= 0.3 is 5.97 Å². The van der Waals surface area contributed by atoms with Crippen LogP contribution >= 0.6 is 0 Å². The lowest BCUT2D eigenvalue weighted by Crippen LogP contribution is -2.23. The second-order valence-corrected chi connectivity index (χ2v) is 3.64. The number of carbonyl (C=O) groups is 1. The molecule has 1 saturated carbocycles. The molecule has 1 saturated heterocycles. The Hall–Kier alpha value is -0.830. The van der Waals surface area contributed by atoms with Crippen molar-refractivity contribution < 1.29 is 14.3 Å². The molecule has 1 heterocycles. The maximum Gasteiger partial charge on any atom is 0.309 e. The van der Waals surface area contributed by atoms with Crippen LogP contribution < -0.4 is 0 Å². The highest BCUT2D eigenvalue weighted by Gasteiger charge is 2.46. The monoisotopic (exact) mass is 182 g/mol. The number of hydrogen-bond acceptors (Lipinski definition) is 3. The van der Waals surface area contributed by atoms with E-state index in [1.807, 2.05) is 0 Å². The van der Waals surface area contributed by atoms with Crippen LogP contribution in [0, 0.1) is 5.92 Å². The third-order valence-electron chi connectivity index (χ3n) is 2.68. The summed E-state index contributed by atoms with van der Waals surface area (Å²) < 4.78 is 10.3. The first kappa shape index (κ1) is 8.75. The van der Waals surface area contributed by atoms with Crippen molar-refractivity contribution in [3.8, 4) is 0 Å². The predicted molar refractivity (Wildman–Crippen MR) is 47.2 cm³/mol. The number of epoxide rings is 1. The number of esters is 1. The summed E-state index contributed by atoms with van der Waals surface area (Å²) in [6, 6.07) is 0. The molecular formula is C10H14O3. The van der Waals surface area contributed by atoms with Gasteiger partial charge in [0.05, 0.1) is 18.1 Å². The van der Waals surface area contributed by atoms with Gasteiger partial charge in [-0.05, 0) is 19.3 Å². The first-order valence-electron chi connectivity index (χ1n) is 4.74. The molecule has 3 nitrogen and oxygen atoms in total. The lowest BCUT2D eigenvalue weighted by Gasteiger charge is -2.16. The lowest BCUT2D eigenvalue weighted by atomic mass is 9.89. The summed E-state index contributed by atoms with van der Waals surface area (Å²) in [7, 11) is 0. The van der Waals surface area contributed by atoms with E-state index in [0.29, 0.717) is 18.8 Å². The van der Waals surface area contributed by atoms with Crippen LogP contribution in [0.1, 0.15) is 19.3 Å². The van der Waals surface area contributed by atoms with Gasteiger partial charge in [0.25, 0.3) is 0 Å². The van der Waals surface area contributed by atoms with Crippen molar-refractivity contribution in [1.82, 2.24) is 0 Å². The van der Waals surface area contributed by atoms with Crippen LogP contribution in [0.5, 0.6) is 0 Å². The van der Waals surface area contributed by atoms with Crippen LogP contribution in [0.4, 0.5) is 0 Å². The van der Waals surface area contributed by atoms with Gasteiger partial charge in [0.1, 0.15) is 6.61 Å². The van der Waals surface area contributed by atoms with E-state index >= 15 is 0 Å². The van der Waals surface area contributed by atoms with Crippen molar-refractivity contribution in [2.24, 2.45) is 5.92 Å². The molecule has 2 aliphatic rings. The zero-order chi connectivity index (χ0) is 9.26. The van der Waals surface area contributed by atoms with E-state index in [1.165, 1.54) is 0 Å². The molecule has 3 heteroatoms. The predicted octanol–water partition coefficient (Wildman–Crippen LogP) is 1.28. The molecule has 0 aromatic rings. The van der Waals surface area contributed by atoms with Gasteiger partial charge in [-0.25, -0.2) is 0 Å². The minimum absolute atomic E-state index is 0.0590. The minimum Gasteiger partial charge on any atom is -0.461 e. The van der Waals surface area contributed by atoms with Crippen molar-refractivity contribution >= 4 is 5.97 Å². The number of carbonyl (C=O) groups excluding carboxylic acids is 1. The number of hydrogen-bond donors (Lipinski definition) is 0. The Kier molecular flexibility index (Phi) is 2.36. The van der Waals surface area contributed by atoms with Gasteiger partial charge < -0.3 is 9.47 Å². The van der Waals surface area contributed by atoms with Gasteiger partial charge in [-0.2, -0.15) is 0 Å². The summed E-state index contributed by atoms with van der Waals surface area (Å²) in [6.45, 7) is 3.82. The lowest BCUT2D eigenvalue weighted by molar-refractivity contribution is -0.148. The molecule has 2 fully saturated rings. The molecule has 0 amide bonds. The van der Waals surface area contributed by atoms with Crippen molar-refractivity contribution in [2.75, 3.05) is 6.61 Å². The Morgan fingerprint density at radius 2 is 2.38 bits per heavy atom. The van der Waals surface area contributed by atoms with Gasteiger partial charge in [0.15, 0.2) is 0 Å². The van der Waals surface area contributed by atoms with Gasteiger partial charge in [0.2, 0.25) is 0 Å². The first-order valence-corrected chi connectivity index (χ1v) is 4.74. The summed E-state index contributed by atoms with van der Waals surface area (Å²) in [6.07, 6.45) is 5.16. The summed E-state index contributed by atoms with van der Waals surface area (Å²) in [5.74, 6) is -0.0300. The van der Waals surface area contributed by atoms with Gasteiger partial charge in [0, 0.05) is 0 Å². The Morgan fingerprint density at radius 3 is 3.08 bits per heavy atom. The molecule has 1 aliphatic carbocycles. The highest BCUT2D eigenvalue weighted by Crippen LogP contribution is 2.39. The smallest absolute Gasteiger partial charge is 0.309 e. The van der Waals surface area contributed by atoms with Crippen molar-refractivity contribution in [3.63, 3.8) is 0 Å². The number of rotatable bonds is 3. The van der Waals surface area contributed by atoms with E-state index in [4.69, 9.17) is 9.47 Å². The SMILES string of the molecule is C=CCOC(=O)[C@@H]1CC[C@@H]2O[C@@H]2C1. The average Bonchev–Trinajstić information content (AvgIpc) is 2.91. The fraction of sp³-hybridized carbons (Fsp3) is 0.700. The standard InChI is InChI=1S/C10H14O3/c1-2-5-12-10(11)7-3-4-8-9(6-7)13-8/h2,7-9H,1,3-6H2/t7-,8+,9-/m1/s1. The highest BCUT2D eigenvalue weighted by atomic mass is 16.6. The van der Waals surface area contributed by atoms with E-state index < -0.39 is 0 Å². The maximum atomic E-state index is 11.4. The molecule has 0 spiro atoms. The molecule has 3 atom stereocenters. The first-order chi connectivity index (χ1) is 6.31. The van der Waals surface area contributed by atoms with Gasteiger partial charge in [-0.1, -0.05) is 12.7 Å². The van der Waals surface area contributed by atoms with Crippen molar-refractivity contribution in [1.29, 1.82) is 0 Å². The van der Waals surface area contributed by atoms with E-state index in [1.54, 1.807) is 6.08 Å². The van der Waals surface area contributed by atoms with Gasteiger partial charge in [-0.15, -0.1) is 0 Å². The number of fused-ring (bicyclic) bond motifs is 1. The minimum atomic E-state index is -0.0890. The Bertz CT molecular complexity index is 224. The van der Waals surface area contributed by atoms with E-state index in [2.05, 4.69) is 6.58 Å². The van der Waals surface area contributed by atoms with E-state index in [9.17, 15) is 4.79 Å². The maximum absolute atomic E-state index is 11.4. The third-order valence-corrected chi connectivity index (χ3v) is 2.68. The zero-order valence-corrected chi connectivity index (χ0v) is 7.57. The molecule has 0 unspecified atom stereocenters. The molecular weight excluding hydrogens is 168 g/mol. The van der Waals surface area contributed by atoms with E-state index in [-0.39, 0.29) is 11.9 Å². The average molecular weight is 182 g/mol. The normalized spacial score (nSPS) is 36.2. The van der Waals surface area contributed by atoms with Crippen LogP contribution in [0.3, 0.4) is 0 Å². The molecule has 13 heavy (non-hydrogen) atoms. The van der Waals surface area contributed by atoms with Crippen LogP contribution in [-0.2, 0) is 14.3 Å². The fourth-order valence-corrected chi connectivity index (χ4v) is 1.88. The largest absolute Gasteiger partial charge is 0.461 e. The topological polar surface area (TPSA) is 38.8 Å². The quantitative estimate of drug-likeness (QED) is 0.375. The van der Waals surface area contributed by atoms with E-state index in [0.717, 1.165) is 19.3 Å². The van der Waals surface area contributed by atoms with Crippen LogP contribution in [0.15, 0.2) is 12.7 Å². The summed E-state index contributed by atoms with van der Waals surface area (Å²) in [5.41, 5.74) is 0. The third kappa shape index (κ3) is 1.91. The molecule has 0 aromatic heterocycles. The zero-order valence-electron chi connectivity index (χ0n) is 7.57.